The molecule has 2 atom stereocenters. The molecule has 2 aromatic heterocycles. The van der Waals surface area contributed by atoms with E-state index < -0.39 is 5.41 Å². The van der Waals surface area contributed by atoms with Crippen LogP contribution in [-0.2, 0) is 15.0 Å². The number of fused-ring (bicyclic) bond motifs is 2. The summed E-state index contributed by atoms with van der Waals surface area (Å²) >= 11 is 0. The summed E-state index contributed by atoms with van der Waals surface area (Å²) in [5, 5.41) is 5.81. The highest BCUT2D eigenvalue weighted by atomic mass is 16.5. The zero-order valence-corrected chi connectivity index (χ0v) is 19.0. The number of carbonyl (C=O) groups is 2. The van der Waals surface area contributed by atoms with E-state index in [0.29, 0.717) is 24.8 Å². The first kappa shape index (κ1) is 20.2. The predicted molar refractivity (Wildman–Crippen MR) is 124 cm³/mol. The van der Waals surface area contributed by atoms with Gasteiger partial charge in [0.05, 0.1) is 23.0 Å². The van der Waals surface area contributed by atoms with Crippen molar-refractivity contribution in [1.82, 2.24) is 19.9 Å². The zero-order chi connectivity index (χ0) is 22.9. The van der Waals surface area contributed by atoms with E-state index >= 15 is 0 Å². The molecule has 0 bridgehead atoms. The van der Waals surface area contributed by atoms with Crippen LogP contribution in [0.4, 0.5) is 5.82 Å². The molecule has 2 aliphatic heterocycles. The van der Waals surface area contributed by atoms with Crippen LogP contribution in [0, 0.1) is 5.92 Å². The Morgan fingerprint density at radius 3 is 2.76 bits per heavy atom. The third-order valence-electron chi connectivity index (χ3n) is 7.22. The minimum absolute atomic E-state index is 0.0432. The van der Waals surface area contributed by atoms with Gasteiger partial charge < -0.3 is 19.9 Å². The number of nitrogens with one attached hydrogen (secondary N) is 2. The average Bonchev–Trinajstić information content (AvgIpc) is 3.30. The smallest absolute Gasteiger partial charge is 0.235 e. The molecule has 1 saturated heterocycles. The number of hydrogen-bond acceptors (Lipinski definition) is 5. The van der Waals surface area contributed by atoms with Crippen LogP contribution in [-0.4, -0.2) is 39.0 Å². The number of benzene rings is 1. The van der Waals surface area contributed by atoms with E-state index in [0.717, 1.165) is 46.4 Å². The van der Waals surface area contributed by atoms with Gasteiger partial charge in [0.15, 0.2) is 0 Å². The van der Waals surface area contributed by atoms with Crippen LogP contribution in [0.3, 0.4) is 0 Å². The summed E-state index contributed by atoms with van der Waals surface area (Å²) in [7, 11) is 0. The molecule has 3 aliphatic rings. The van der Waals surface area contributed by atoms with E-state index in [4.69, 9.17) is 9.72 Å². The van der Waals surface area contributed by atoms with Crippen molar-refractivity contribution in [3.8, 4) is 17.0 Å². The second-order valence-electron chi connectivity index (χ2n) is 9.99. The zero-order valence-electron chi connectivity index (χ0n) is 19.0. The number of aromatic nitrogens is 3. The van der Waals surface area contributed by atoms with Crippen molar-refractivity contribution in [2.75, 3.05) is 11.9 Å². The van der Waals surface area contributed by atoms with E-state index in [-0.39, 0.29) is 23.8 Å². The lowest BCUT2D eigenvalue weighted by Crippen LogP contribution is -2.26. The third-order valence-corrected chi connectivity index (χ3v) is 7.22. The van der Waals surface area contributed by atoms with Crippen molar-refractivity contribution in [3.63, 3.8) is 0 Å². The second-order valence-corrected chi connectivity index (χ2v) is 9.99. The van der Waals surface area contributed by atoms with Crippen molar-refractivity contribution in [1.29, 1.82) is 0 Å². The molecule has 1 aromatic carbocycles. The summed E-state index contributed by atoms with van der Waals surface area (Å²) in [5.41, 5.74) is 3.79. The molecule has 2 amide bonds. The third kappa shape index (κ3) is 3.27. The first-order valence-electron chi connectivity index (χ1n) is 11.6. The number of rotatable bonds is 5. The molecule has 0 spiro atoms. The van der Waals surface area contributed by atoms with Crippen molar-refractivity contribution in [2.24, 2.45) is 5.92 Å². The first-order chi connectivity index (χ1) is 15.8. The fraction of sp³-hybridized carbons (Fsp3) is 0.440. The Balaban J connectivity index is 1.42. The van der Waals surface area contributed by atoms with E-state index in [1.54, 1.807) is 0 Å². The van der Waals surface area contributed by atoms with Crippen molar-refractivity contribution in [2.45, 2.75) is 57.6 Å². The molecular formula is C25H27N5O3. The average molecular weight is 446 g/mol. The van der Waals surface area contributed by atoms with Crippen LogP contribution in [0.5, 0.6) is 5.75 Å². The largest absolute Gasteiger partial charge is 0.488 e. The molecule has 6 rings (SSSR count). The van der Waals surface area contributed by atoms with Crippen LogP contribution < -0.4 is 15.4 Å². The second kappa shape index (κ2) is 7.04. The molecule has 8 heteroatoms. The van der Waals surface area contributed by atoms with Gasteiger partial charge in [-0.25, -0.2) is 9.97 Å². The standard InChI is InChI=1S/C25H27N5O3/c1-13(15-10-21(31)26-11-15)33-20-9-14(8-19-22(20)30(12-27-19)16-4-5-16)18-7-6-17-23(28-18)29-24(32)25(17,2)3/h6-9,12-13,15-16H,4-5,10-11H2,1-3H3,(H,26,31)(H,28,29,32). The first-order valence-corrected chi connectivity index (χ1v) is 11.6. The van der Waals surface area contributed by atoms with E-state index in [2.05, 4.69) is 20.2 Å². The van der Waals surface area contributed by atoms with Gasteiger partial charge in [-0.15, -0.1) is 0 Å². The van der Waals surface area contributed by atoms with Gasteiger partial charge in [0.25, 0.3) is 0 Å². The molecule has 3 aromatic rings. The topological polar surface area (TPSA) is 98.1 Å². The van der Waals surface area contributed by atoms with Crippen molar-refractivity contribution < 1.29 is 14.3 Å². The molecule has 8 nitrogen and oxygen atoms in total. The summed E-state index contributed by atoms with van der Waals surface area (Å²) in [6, 6.07) is 8.43. The predicted octanol–water partition coefficient (Wildman–Crippen LogP) is 3.57. The molecule has 2 N–H and O–H groups in total. The normalized spacial score (nSPS) is 22.2. The van der Waals surface area contributed by atoms with Gasteiger partial charge in [0.2, 0.25) is 11.8 Å². The minimum atomic E-state index is -0.593. The van der Waals surface area contributed by atoms with Gasteiger partial charge >= 0.3 is 0 Å². The van der Waals surface area contributed by atoms with E-state index in [1.807, 2.05) is 51.4 Å². The van der Waals surface area contributed by atoms with Gasteiger partial charge in [-0.2, -0.15) is 0 Å². The molecule has 2 fully saturated rings. The highest BCUT2D eigenvalue weighted by Gasteiger charge is 2.39. The molecule has 1 saturated carbocycles. The number of imidazole rings is 1. The maximum Gasteiger partial charge on any atom is 0.235 e. The van der Waals surface area contributed by atoms with Gasteiger partial charge in [0, 0.05) is 36.1 Å². The Kier molecular flexibility index (Phi) is 4.31. The molecular weight excluding hydrogens is 418 g/mol. The Bertz CT molecular complexity index is 1310. The Morgan fingerprint density at radius 2 is 2.03 bits per heavy atom. The maximum absolute atomic E-state index is 12.4. The molecule has 2 unspecified atom stereocenters. The molecule has 170 valence electrons. The lowest BCUT2D eigenvalue weighted by Gasteiger charge is -2.21. The fourth-order valence-electron chi connectivity index (χ4n) is 4.86. The van der Waals surface area contributed by atoms with E-state index in [9.17, 15) is 9.59 Å². The summed E-state index contributed by atoms with van der Waals surface area (Å²) in [6.07, 6.45) is 4.53. The Morgan fingerprint density at radius 1 is 1.21 bits per heavy atom. The van der Waals surface area contributed by atoms with Gasteiger partial charge in [-0.3, -0.25) is 9.59 Å². The van der Waals surface area contributed by atoms with Crippen LogP contribution in [0.25, 0.3) is 22.3 Å². The van der Waals surface area contributed by atoms with Crippen molar-refractivity contribution >= 4 is 28.7 Å². The van der Waals surface area contributed by atoms with Crippen LogP contribution in [0.15, 0.2) is 30.6 Å². The monoisotopic (exact) mass is 445 g/mol. The Hall–Kier alpha value is -3.42. The number of amides is 2. The quantitative estimate of drug-likeness (QED) is 0.626. The van der Waals surface area contributed by atoms with Crippen molar-refractivity contribution in [3.05, 3.63) is 36.2 Å². The van der Waals surface area contributed by atoms with Crippen LogP contribution >= 0.6 is 0 Å². The lowest BCUT2D eigenvalue weighted by molar-refractivity contribution is -0.120. The number of nitrogens with zero attached hydrogens (tertiary/aromatic N) is 3. The van der Waals surface area contributed by atoms with E-state index in [1.165, 1.54) is 0 Å². The molecule has 1 aliphatic carbocycles. The maximum atomic E-state index is 12.4. The fourth-order valence-corrected chi connectivity index (χ4v) is 4.86. The summed E-state index contributed by atoms with van der Waals surface area (Å²) in [5.74, 6) is 1.52. The minimum Gasteiger partial charge on any atom is -0.488 e. The van der Waals surface area contributed by atoms with Gasteiger partial charge in [0.1, 0.15) is 23.2 Å². The lowest BCUT2D eigenvalue weighted by atomic mass is 9.87. The Labute approximate surface area is 191 Å². The van der Waals surface area contributed by atoms with Gasteiger partial charge in [-0.1, -0.05) is 6.07 Å². The highest BCUT2D eigenvalue weighted by molar-refractivity contribution is 6.05. The molecule has 4 heterocycles. The number of hydrogen-bond donors (Lipinski definition) is 2. The van der Waals surface area contributed by atoms with Crippen LogP contribution in [0.2, 0.25) is 0 Å². The number of pyridine rings is 1. The highest BCUT2D eigenvalue weighted by Crippen LogP contribution is 2.42. The molecule has 33 heavy (non-hydrogen) atoms. The van der Waals surface area contributed by atoms with Crippen LogP contribution in [0.1, 0.15) is 51.6 Å². The number of anilines is 1. The SMILES string of the molecule is CC(Oc1cc(-c2ccc3c(n2)NC(=O)C3(C)C)cc2ncn(C3CC3)c12)C1CNC(=O)C1. The summed E-state index contributed by atoms with van der Waals surface area (Å²) < 4.78 is 8.70. The number of carbonyl (C=O) groups excluding carboxylic acids is 2. The van der Waals surface area contributed by atoms with Gasteiger partial charge in [-0.05, 0) is 51.8 Å². The number of ether oxygens (including phenoxy) is 1. The summed E-state index contributed by atoms with van der Waals surface area (Å²) in [4.78, 5) is 33.5. The molecule has 0 radical (unpaired) electrons. The summed E-state index contributed by atoms with van der Waals surface area (Å²) in [6.45, 7) is 6.46.